The molecule has 0 aliphatic rings. The van der Waals surface area contributed by atoms with Crippen LogP contribution < -0.4 is 15.8 Å². The lowest BCUT2D eigenvalue weighted by Gasteiger charge is -2.11. The summed E-state index contributed by atoms with van der Waals surface area (Å²) in [4.78, 5) is 16.3. The number of ether oxygens (including phenoxy) is 1. The zero-order chi connectivity index (χ0) is 13.8. The lowest BCUT2D eigenvalue weighted by atomic mass is 10.1. The number of methoxy groups -OCH3 is 1. The maximum atomic E-state index is 12.2. The summed E-state index contributed by atoms with van der Waals surface area (Å²) >= 11 is 0. The number of nitrogen functional groups attached to an aromatic ring is 1. The van der Waals surface area contributed by atoms with Gasteiger partial charge >= 0.3 is 0 Å². The number of aryl methyl sites for hydroxylation is 1. The van der Waals surface area contributed by atoms with Gasteiger partial charge in [0.05, 0.1) is 30.2 Å². The third kappa shape index (κ3) is 2.82. The van der Waals surface area contributed by atoms with E-state index >= 15 is 0 Å². The molecule has 1 aromatic heterocycles. The van der Waals surface area contributed by atoms with Crippen LogP contribution in [0.2, 0.25) is 0 Å². The molecule has 0 atom stereocenters. The van der Waals surface area contributed by atoms with Crippen LogP contribution in [0, 0.1) is 6.92 Å². The van der Waals surface area contributed by atoms with E-state index in [1.807, 2.05) is 13.0 Å². The van der Waals surface area contributed by atoms with Gasteiger partial charge in [0.1, 0.15) is 0 Å². The van der Waals surface area contributed by atoms with Crippen molar-refractivity contribution < 1.29 is 9.53 Å². The van der Waals surface area contributed by atoms with Crippen LogP contribution in [0.15, 0.2) is 36.5 Å². The molecule has 0 aliphatic carbocycles. The average Bonchev–Trinajstić information content (AvgIpc) is 2.41. The van der Waals surface area contributed by atoms with Gasteiger partial charge in [-0.1, -0.05) is 6.07 Å². The first-order valence-corrected chi connectivity index (χ1v) is 5.78. The number of carbonyl (C=O) groups is 1. The van der Waals surface area contributed by atoms with Crippen molar-refractivity contribution in [1.82, 2.24) is 4.98 Å². The van der Waals surface area contributed by atoms with Crippen molar-refractivity contribution in [2.75, 3.05) is 18.2 Å². The van der Waals surface area contributed by atoms with Gasteiger partial charge in [-0.15, -0.1) is 0 Å². The van der Waals surface area contributed by atoms with Crippen LogP contribution in [-0.4, -0.2) is 18.0 Å². The van der Waals surface area contributed by atoms with Crippen molar-refractivity contribution in [2.45, 2.75) is 6.92 Å². The summed E-state index contributed by atoms with van der Waals surface area (Å²) in [5.74, 6) is 0.0925. The minimum atomic E-state index is -0.283. The Balaban J connectivity index is 2.25. The Kier molecular flexibility index (Phi) is 3.66. The predicted molar refractivity (Wildman–Crippen MR) is 74.3 cm³/mol. The third-order valence-electron chi connectivity index (χ3n) is 2.66. The van der Waals surface area contributed by atoms with Crippen LogP contribution in [0.3, 0.4) is 0 Å². The van der Waals surface area contributed by atoms with Gasteiger partial charge in [0.25, 0.3) is 5.91 Å². The first-order valence-electron chi connectivity index (χ1n) is 5.78. The number of nitrogens with two attached hydrogens (primary N) is 1. The first kappa shape index (κ1) is 12.9. The lowest BCUT2D eigenvalue weighted by Crippen LogP contribution is -2.14. The molecular formula is C14H15N3O2. The highest BCUT2D eigenvalue weighted by atomic mass is 16.5. The summed E-state index contributed by atoms with van der Waals surface area (Å²) < 4.78 is 5.15. The number of carbonyl (C=O) groups excluding carboxylic acids is 1. The zero-order valence-corrected chi connectivity index (χ0v) is 10.8. The van der Waals surface area contributed by atoms with E-state index in [1.54, 1.807) is 30.5 Å². The molecule has 5 heteroatoms. The minimum Gasteiger partial charge on any atom is -0.494 e. The van der Waals surface area contributed by atoms with E-state index in [4.69, 9.17) is 10.5 Å². The maximum absolute atomic E-state index is 12.2. The van der Waals surface area contributed by atoms with E-state index < -0.39 is 0 Å². The normalized spacial score (nSPS) is 10.0. The smallest absolute Gasteiger partial charge is 0.259 e. The Hall–Kier alpha value is -2.56. The van der Waals surface area contributed by atoms with Crippen molar-refractivity contribution >= 4 is 17.3 Å². The molecule has 0 radical (unpaired) electrons. The molecule has 3 N–H and O–H groups in total. The first-order chi connectivity index (χ1) is 9.11. The molecule has 0 unspecified atom stereocenters. The average molecular weight is 257 g/mol. The molecule has 0 fully saturated rings. The van der Waals surface area contributed by atoms with Crippen molar-refractivity contribution in [3.8, 4) is 5.75 Å². The Bertz CT molecular complexity index is 594. The molecule has 19 heavy (non-hydrogen) atoms. The largest absolute Gasteiger partial charge is 0.494 e. The van der Waals surface area contributed by atoms with E-state index in [-0.39, 0.29) is 5.91 Å². The SMILES string of the molecule is COc1c(N)cccc1C(=O)Nc1ccc(C)nc1. The molecule has 98 valence electrons. The van der Waals surface area contributed by atoms with E-state index in [0.717, 1.165) is 5.69 Å². The van der Waals surface area contributed by atoms with Crippen LogP contribution in [0.1, 0.15) is 16.1 Å². The second-order valence-electron chi connectivity index (χ2n) is 4.07. The van der Waals surface area contributed by atoms with Crippen molar-refractivity contribution in [3.05, 3.63) is 47.8 Å². The molecule has 1 amide bonds. The second-order valence-corrected chi connectivity index (χ2v) is 4.07. The molecule has 2 rings (SSSR count). The molecule has 2 aromatic rings. The number of pyridine rings is 1. The number of nitrogens with zero attached hydrogens (tertiary/aromatic N) is 1. The van der Waals surface area contributed by atoms with Gasteiger partial charge in [-0.3, -0.25) is 9.78 Å². The Morgan fingerprint density at radius 3 is 2.74 bits per heavy atom. The van der Waals surface area contributed by atoms with Gasteiger partial charge in [-0.2, -0.15) is 0 Å². The van der Waals surface area contributed by atoms with Crippen LogP contribution >= 0.6 is 0 Å². The molecule has 1 heterocycles. The molecule has 0 saturated carbocycles. The van der Waals surface area contributed by atoms with Gasteiger partial charge in [0, 0.05) is 5.69 Å². The third-order valence-corrected chi connectivity index (χ3v) is 2.66. The predicted octanol–water partition coefficient (Wildman–Crippen LogP) is 2.23. The quantitative estimate of drug-likeness (QED) is 0.827. The summed E-state index contributed by atoms with van der Waals surface area (Å²) in [6.07, 6.45) is 1.60. The highest BCUT2D eigenvalue weighted by Crippen LogP contribution is 2.26. The fourth-order valence-electron chi connectivity index (χ4n) is 1.70. The van der Waals surface area contributed by atoms with Gasteiger partial charge in [0.15, 0.2) is 5.75 Å². The summed E-state index contributed by atoms with van der Waals surface area (Å²) in [7, 11) is 1.48. The number of anilines is 2. The van der Waals surface area contributed by atoms with Crippen LogP contribution in [-0.2, 0) is 0 Å². The maximum Gasteiger partial charge on any atom is 0.259 e. The van der Waals surface area contributed by atoms with E-state index in [9.17, 15) is 4.79 Å². The molecule has 0 saturated heterocycles. The summed E-state index contributed by atoms with van der Waals surface area (Å²) in [6, 6.07) is 8.67. The van der Waals surface area contributed by atoms with Crippen molar-refractivity contribution in [3.63, 3.8) is 0 Å². The Morgan fingerprint density at radius 1 is 1.32 bits per heavy atom. The molecule has 0 bridgehead atoms. The number of para-hydroxylation sites is 1. The molecule has 0 aliphatic heterocycles. The lowest BCUT2D eigenvalue weighted by molar-refractivity contribution is 0.102. The van der Waals surface area contributed by atoms with Gasteiger partial charge in [0.2, 0.25) is 0 Å². The molecule has 0 spiro atoms. The zero-order valence-electron chi connectivity index (χ0n) is 10.8. The molecule has 1 aromatic carbocycles. The Morgan fingerprint density at radius 2 is 2.11 bits per heavy atom. The second kappa shape index (κ2) is 5.39. The van der Waals surface area contributed by atoms with Crippen molar-refractivity contribution in [1.29, 1.82) is 0 Å². The molecule has 5 nitrogen and oxygen atoms in total. The fraction of sp³-hybridized carbons (Fsp3) is 0.143. The van der Waals surface area contributed by atoms with Crippen molar-refractivity contribution in [2.24, 2.45) is 0 Å². The standard InChI is InChI=1S/C14H15N3O2/c1-9-6-7-10(8-16-9)17-14(18)11-4-3-5-12(15)13(11)19-2/h3-8H,15H2,1-2H3,(H,17,18). The van der Waals surface area contributed by atoms with E-state index in [1.165, 1.54) is 7.11 Å². The van der Waals surface area contributed by atoms with Crippen LogP contribution in [0.5, 0.6) is 5.75 Å². The van der Waals surface area contributed by atoms with Gasteiger partial charge in [-0.05, 0) is 31.2 Å². The summed E-state index contributed by atoms with van der Waals surface area (Å²) in [6.45, 7) is 1.88. The highest BCUT2D eigenvalue weighted by molar-refractivity contribution is 6.07. The Labute approximate surface area is 111 Å². The van der Waals surface area contributed by atoms with Gasteiger partial charge in [-0.25, -0.2) is 0 Å². The minimum absolute atomic E-state index is 0.283. The van der Waals surface area contributed by atoms with E-state index in [2.05, 4.69) is 10.3 Å². The monoisotopic (exact) mass is 257 g/mol. The summed E-state index contributed by atoms with van der Waals surface area (Å²) in [5, 5.41) is 2.75. The topological polar surface area (TPSA) is 77.2 Å². The number of amides is 1. The van der Waals surface area contributed by atoms with E-state index in [0.29, 0.717) is 22.7 Å². The fourth-order valence-corrected chi connectivity index (χ4v) is 1.70. The number of benzene rings is 1. The summed E-state index contributed by atoms with van der Waals surface area (Å²) in [5.41, 5.74) is 8.10. The number of nitrogens with one attached hydrogen (secondary N) is 1. The number of hydrogen-bond acceptors (Lipinski definition) is 4. The highest BCUT2D eigenvalue weighted by Gasteiger charge is 2.14. The molecular weight excluding hydrogens is 242 g/mol. The van der Waals surface area contributed by atoms with Gasteiger partial charge < -0.3 is 15.8 Å². The number of aromatic nitrogens is 1. The van der Waals surface area contributed by atoms with Crippen LogP contribution in [0.25, 0.3) is 0 Å². The number of rotatable bonds is 3. The van der Waals surface area contributed by atoms with Crippen LogP contribution in [0.4, 0.5) is 11.4 Å². The number of hydrogen-bond donors (Lipinski definition) is 2.